The average Bonchev–Trinajstić information content (AvgIpc) is 2.50. The highest BCUT2D eigenvalue weighted by atomic mass is 32.2. The first kappa shape index (κ1) is 21.1. The molecule has 2 atom stereocenters. The summed E-state index contributed by atoms with van der Waals surface area (Å²) in [4.78, 5) is 12.7. The lowest BCUT2D eigenvalue weighted by Crippen LogP contribution is -2.65. The van der Waals surface area contributed by atoms with Gasteiger partial charge >= 0.3 is 0 Å². The molecule has 1 fully saturated rings. The molecule has 1 aromatic carbocycles. The van der Waals surface area contributed by atoms with Gasteiger partial charge in [0.1, 0.15) is 0 Å². The summed E-state index contributed by atoms with van der Waals surface area (Å²) in [5.41, 5.74) is 0.975. The van der Waals surface area contributed by atoms with Gasteiger partial charge in [-0.1, -0.05) is 45.4 Å². The van der Waals surface area contributed by atoms with Crippen molar-refractivity contribution in [2.75, 3.05) is 6.61 Å². The number of amides is 1. The maximum atomic E-state index is 13.0. The van der Waals surface area contributed by atoms with Gasteiger partial charge in [-0.15, -0.1) is 0 Å². The lowest BCUT2D eigenvalue weighted by Gasteiger charge is -2.47. The van der Waals surface area contributed by atoms with Crippen LogP contribution in [0.4, 0.5) is 0 Å². The maximum absolute atomic E-state index is 13.0. The van der Waals surface area contributed by atoms with Gasteiger partial charge in [-0.2, -0.15) is 0 Å². The highest BCUT2D eigenvalue weighted by Gasteiger charge is 2.53. The highest BCUT2D eigenvalue weighted by molar-refractivity contribution is 7.89. The van der Waals surface area contributed by atoms with E-state index in [-0.39, 0.29) is 28.4 Å². The minimum Gasteiger partial charge on any atom is -0.415 e. The Morgan fingerprint density at radius 3 is 2.15 bits per heavy atom. The zero-order valence-corrected chi connectivity index (χ0v) is 18.7. The number of hydrogen-bond donors (Lipinski definition) is 0. The molecule has 1 saturated heterocycles. The second kappa shape index (κ2) is 7.09. The molecule has 1 aliphatic rings. The molecule has 7 heteroatoms. The molecule has 5 nitrogen and oxygen atoms in total. The number of hydrogen-bond acceptors (Lipinski definition) is 4. The topological polar surface area (TPSA) is 63.7 Å². The first-order valence-corrected chi connectivity index (χ1v) is 13.5. The summed E-state index contributed by atoms with van der Waals surface area (Å²) in [5.74, 6) is -0.614. The van der Waals surface area contributed by atoms with Gasteiger partial charge in [0, 0.05) is 0 Å². The summed E-state index contributed by atoms with van der Waals surface area (Å²) in [5, 5.41) is 0.0309. The van der Waals surface area contributed by atoms with Crippen molar-refractivity contribution in [1.82, 2.24) is 4.31 Å². The van der Waals surface area contributed by atoms with Crippen molar-refractivity contribution in [2.45, 2.75) is 70.1 Å². The zero-order valence-electron chi connectivity index (χ0n) is 16.9. The van der Waals surface area contributed by atoms with Crippen LogP contribution in [-0.4, -0.2) is 39.6 Å². The Labute approximate surface area is 158 Å². The number of aryl methyl sites for hydroxylation is 1. The molecule has 2 rings (SSSR count). The number of sulfonamides is 1. The third-order valence-corrected chi connectivity index (χ3v) is 12.1. The average molecular weight is 398 g/mol. The smallest absolute Gasteiger partial charge is 0.266 e. The van der Waals surface area contributed by atoms with Crippen molar-refractivity contribution >= 4 is 24.2 Å². The number of carbonyl (C=O) groups excluding carboxylic acids is 1. The molecule has 0 radical (unpaired) electrons. The predicted octanol–water partition coefficient (Wildman–Crippen LogP) is 3.94. The Morgan fingerprint density at radius 1 is 1.15 bits per heavy atom. The third kappa shape index (κ3) is 3.75. The van der Waals surface area contributed by atoms with E-state index in [9.17, 15) is 13.2 Å². The molecule has 1 aromatic rings. The van der Waals surface area contributed by atoms with Crippen LogP contribution in [0.15, 0.2) is 29.2 Å². The molecule has 0 N–H and O–H groups in total. The fourth-order valence-corrected chi connectivity index (χ4v) is 5.50. The van der Waals surface area contributed by atoms with Crippen LogP contribution in [-0.2, 0) is 19.2 Å². The van der Waals surface area contributed by atoms with Crippen molar-refractivity contribution < 1.29 is 17.6 Å². The molecule has 0 aromatic heterocycles. The molecule has 146 valence electrons. The monoisotopic (exact) mass is 397 g/mol. The molecule has 1 aliphatic heterocycles. The summed E-state index contributed by atoms with van der Waals surface area (Å²) in [6.07, 6.45) is 0.615. The molecular formula is C19H31NO4SSi. The van der Waals surface area contributed by atoms with Gasteiger partial charge in [-0.05, 0) is 43.6 Å². The third-order valence-electron chi connectivity index (χ3n) is 5.74. The van der Waals surface area contributed by atoms with Gasteiger partial charge in [-0.25, -0.2) is 12.7 Å². The standard InChI is InChI=1S/C19H31NO4SSi/c1-8-16-17(13-24-26(6,7)19(3,4)5)20(18(16)21)25(22,23)15-11-9-14(2)10-12-15/h9-12,16-17H,8,13H2,1-7H3/t16-,17+/m1/s1. The summed E-state index contributed by atoms with van der Waals surface area (Å²) in [6, 6.07) is 6.19. The molecule has 0 aliphatic carbocycles. The summed E-state index contributed by atoms with van der Waals surface area (Å²) >= 11 is 0. The van der Waals surface area contributed by atoms with Gasteiger partial charge < -0.3 is 4.43 Å². The van der Waals surface area contributed by atoms with Crippen LogP contribution in [0, 0.1) is 12.8 Å². The minimum absolute atomic E-state index is 0.0309. The summed E-state index contributed by atoms with van der Waals surface area (Å²) in [6.45, 7) is 14.8. The van der Waals surface area contributed by atoms with E-state index in [4.69, 9.17) is 4.43 Å². The van der Waals surface area contributed by atoms with Gasteiger partial charge in [0.15, 0.2) is 8.32 Å². The van der Waals surface area contributed by atoms with Gasteiger partial charge in [0.25, 0.3) is 10.0 Å². The number of β-lactam (4-membered cyclic amide) rings is 1. The predicted molar refractivity (Wildman–Crippen MR) is 106 cm³/mol. The minimum atomic E-state index is -3.84. The van der Waals surface area contributed by atoms with E-state index in [0.29, 0.717) is 6.42 Å². The number of carbonyl (C=O) groups is 1. The molecule has 0 unspecified atom stereocenters. The van der Waals surface area contributed by atoms with E-state index in [2.05, 4.69) is 33.9 Å². The van der Waals surface area contributed by atoms with Gasteiger partial charge in [0.2, 0.25) is 5.91 Å². The van der Waals surface area contributed by atoms with E-state index in [1.807, 2.05) is 13.8 Å². The normalized spacial score (nSPS) is 21.7. The Hall–Kier alpha value is -1.18. The lowest BCUT2D eigenvalue weighted by atomic mass is 9.89. The fourth-order valence-electron chi connectivity index (χ4n) is 2.83. The van der Waals surface area contributed by atoms with Gasteiger partial charge in [0.05, 0.1) is 23.5 Å². The quantitative estimate of drug-likeness (QED) is 0.539. The van der Waals surface area contributed by atoms with Crippen LogP contribution >= 0.6 is 0 Å². The maximum Gasteiger partial charge on any atom is 0.266 e. The Bertz CT molecular complexity index is 766. The summed E-state index contributed by atoms with van der Waals surface area (Å²) in [7, 11) is -5.87. The number of rotatable bonds is 6. The van der Waals surface area contributed by atoms with E-state index in [1.165, 1.54) is 0 Å². The Morgan fingerprint density at radius 2 is 1.69 bits per heavy atom. The molecule has 26 heavy (non-hydrogen) atoms. The first-order valence-electron chi connectivity index (χ1n) is 9.12. The van der Waals surface area contributed by atoms with E-state index in [0.717, 1.165) is 9.87 Å². The van der Waals surface area contributed by atoms with Crippen LogP contribution in [0.5, 0.6) is 0 Å². The number of benzene rings is 1. The Kier molecular flexibility index (Phi) is 5.76. The fraction of sp³-hybridized carbons (Fsp3) is 0.632. The van der Waals surface area contributed by atoms with Crippen molar-refractivity contribution in [1.29, 1.82) is 0 Å². The van der Waals surface area contributed by atoms with Crippen LogP contribution in [0.2, 0.25) is 18.1 Å². The van der Waals surface area contributed by atoms with Crippen molar-refractivity contribution in [3.63, 3.8) is 0 Å². The van der Waals surface area contributed by atoms with E-state index < -0.39 is 24.4 Å². The molecular weight excluding hydrogens is 366 g/mol. The van der Waals surface area contributed by atoms with Crippen LogP contribution in [0.3, 0.4) is 0 Å². The molecule has 0 bridgehead atoms. The van der Waals surface area contributed by atoms with Crippen LogP contribution in [0.25, 0.3) is 0 Å². The van der Waals surface area contributed by atoms with Crippen molar-refractivity contribution in [3.8, 4) is 0 Å². The molecule has 1 amide bonds. The lowest BCUT2D eigenvalue weighted by molar-refractivity contribution is -0.148. The van der Waals surface area contributed by atoms with E-state index >= 15 is 0 Å². The van der Waals surface area contributed by atoms with Crippen LogP contribution < -0.4 is 0 Å². The van der Waals surface area contributed by atoms with Crippen molar-refractivity contribution in [3.05, 3.63) is 29.8 Å². The molecule has 0 spiro atoms. The Balaban J connectivity index is 2.26. The highest BCUT2D eigenvalue weighted by Crippen LogP contribution is 2.40. The SMILES string of the molecule is CC[C@H]1C(=O)N(S(=O)(=O)c2ccc(C)cc2)[C@H]1CO[Si](C)(C)C(C)(C)C. The van der Waals surface area contributed by atoms with E-state index in [1.54, 1.807) is 24.3 Å². The molecule has 1 heterocycles. The second-order valence-electron chi connectivity index (χ2n) is 8.61. The van der Waals surface area contributed by atoms with Crippen molar-refractivity contribution in [2.24, 2.45) is 5.92 Å². The second-order valence-corrected chi connectivity index (χ2v) is 15.2. The van der Waals surface area contributed by atoms with Crippen LogP contribution in [0.1, 0.15) is 39.7 Å². The number of nitrogens with zero attached hydrogens (tertiary/aromatic N) is 1. The van der Waals surface area contributed by atoms with Gasteiger partial charge in [-0.3, -0.25) is 4.79 Å². The largest absolute Gasteiger partial charge is 0.415 e. The zero-order chi connectivity index (χ0) is 19.9. The first-order chi connectivity index (χ1) is 11.8. The summed E-state index contributed by atoms with van der Waals surface area (Å²) < 4.78 is 33.3. The molecule has 0 saturated carbocycles.